The Morgan fingerprint density at radius 1 is 1.00 bits per heavy atom. The zero-order valence-electron chi connectivity index (χ0n) is 14.9. The fourth-order valence-electron chi connectivity index (χ4n) is 3.15. The fraction of sp³-hybridized carbons (Fsp3) is 0.333. The second kappa shape index (κ2) is 7.09. The number of benzene rings is 2. The number of nitrogens with zero attached hydrogens (tertiary/aromatic N) is 1. The molecular formula is C21H23NO3. The second-order valence-electron chi connectivity index (χ2n) is 6.69. The van der Waals surface area contributed by atoms with E-state index in [0.29, 0.717) is 11.1 Å². The summed E-state index contributed by atoms with van der Waals surface area (Å²) in [7, 11) is 3.81. The third-order valence-corrected chi connectivity index (χ3v) is 4.63. The molecule has 0 aromatic heterocycles. The van der Waals surface area contributed by atoms with Gasteiger partial charge in [-0.2, -0.15) is 0 Å². The van der Waals surface area contributed by atoms with E-state index in [2.05, 4.69) is 0 Å². The number of hydrogen-bond acceptors (Lipinski definition) is 4. The summed E-state index contributed by atoms with van der Waals surface area (Å²) >= 11 is 0. The SMILES string of the molecule is C[C@@H](OC(=O)c1cccc(N(C)C)c1)C(=O)c1ccc2c(c1)CCC2. The molecule has 1 atom stereocenters. The van der Waals surface area contributed by atoms with Gasteiger partial charge in [-0.3, -0.25) is 4.79 Å². The smallest absolute Gasteiger partial charge is 0.338 e. The highest BCUT2D eigenvalue weighted by Crippen LogP contribution is 2.24. The van der Waals surface area contributed by atoms with Crippen LogP contribution in [0.5, 0.6) is 0 Å². The van der Waals surface area contributed by atoms with E-state index in [1.807, 2.05) is 43.3 Å². The van der Waals surface area contributed by atoms with Crippen LogP contribution in [-0.2, 0) is 17.6 Å². The van der Waals surface area contributed by atoms with Crippen LogP contribution < -0.4 is 4.90 Å². The number of fused-ring (bicyclic) bond motifs is 1. The van der Waals surface area contributed by atoms with Crippen molar-refractivity contribution in [3.8, 4) is 0 Å². The Morgan fingerprint density at radius 3 is 2.52 bits per heavy atom. The number of ketones is 1. The monoisotopic (exact) mass is 337 g/mol. The zero-order chi connectivity index (χ0) is 18.0. The molecule has 4 heteroatoms. The van der Waals surface area contributed by atoms with Gasteiger partial charge in [0, 0.05) is 25.3 Å². The molecule has 2 aromatic rings. The van der Waals surface area contributed by atoms with Crippen LogP contribution in [0.3, 0.4) is 0 Å². The van der Waals surface area contributed by atoms with Crippen LogP contribution in [-0.4, -0.2) is 32.0 Å². The number of aryl methyl sites for hydroxylation is 2. The summed E-state index contributed by atoms with van der Waals surface area (Å²) in [6, 6.07) is 13.0. The summed E-state index contributed by atoms with van der Waals surface area (Å²) in [4.78, 5) is 26.9. The van der Waals surface area contributed by atoms with Gasteiger partial charge in [0.25, 0.3) is 0 Å². The van der Waals surface area contributed by atoms with Gasteiger partial charge in [-0.05, 0) is 61.6 Å². The lowest BCUT2D eigenvalue weighted by Crippen LogP contribution is -2.24. The van der Waals surface area contributed by atoms with E-state index >= 15 is 0 Å². The molecule has 0 aliphatic heterocycles. The molecule has 0 saturated heterocycles. The molecular weight excluding hydrogens is 314 g/mol. The van der Waals surface area contributed by atoms with Gasteiger partial charge < -0.3 is 9.64 Å². The van der Waals surface area contributed by atoms with E-state index in [4.69, 9.17) is 4.74 Å². The first-order chi connectivity index (χ1) is 12.0. The maximum atomic E-state index is 12.6. The van der Waals surface area contributed by atoms with E-state index in [1.54, 1.807) is 25.1 Å². The Balaban J connectivity index is 1.71. The highest BCUT2D eigenvalue weighted by Gasteiger charge is 2.22. The summed E-state index contributed by atoms with van der Waals surface area (Å²) in [5.74, 6) is -0.641. The largest absolute Gasteiger partial charge is 0.451 e. The van der Waals surface area contributed by atoms with Crippen molar-refractivity contribution >= 4 is 17.4 Å². The molecule has 1 aliphatic carbocycles. The van der Waals surface area contributed by atoms with Crippen LogP contribution in [0.4, 0.5) is 5.69 Å². The number of carbonyl (C=O) groups is 2. The predicted molar refractivity (Wildman–Crippen MR) is 98.4 cm³/mol. The normalized spacial score (nSPS) is 13.9. The molecule has 0 fully saturated rings. The molecule has 0 radical (unpaired) electrons. The van der Waals surface area contributed by atoms with Crippen LogP contribution in [0.25, 0.3) is 0 Å². The third-order valence-electron chi connectivity index (χ3n) is 4.63. The molecule has 0 heterocycles. The number of rotatable bonds is 5. The third kappa shape index (κ3) is 3.73. The molecule has 25 heavy (non-hydrogen) atoms. The van der Waals surface area contributed by atoms with E-state index in [9.17, 15) is 9.59 Å². The van der Waals surface area contributed by atoms with E-state index in [-0.39, 0.29) is 5.78 Å². The van der Waals surface area contributed by atoms with Crippen LogP contribution in [0.15, 0.2) is 42.5 Å². The summed E-state index contributed by atoms with van der Waals surface area (Å²) in [6.07, 6.45) is 2.42. The van der Waals surface area contributed by atoms with Gasteiger partial charge in [-0.15, -0.1) is 0 Å². The van der Waals surface area contributed by atoms with Gasteiger partial charge in [-0.25, -0.2) is 4.79 Å². The molecule has 0 N–H and O–H groups in total. The highest BCUT2D eigenvalue weighted by atomic mass is 16.5. The molecule has 130 valence electrons. The van der Waals surface area contributed by atoms with E-state index < -0.39 is 12.1 Å². The quantitative estimate of drug-likeness (QED) is 0.617. The summed E-state index contributed by atoms with van der Waals surface area (Å²) in [5.41, 5.74) is 4.53. The van der Waals surface area contributed by atoms with Crippen molar-refractivity contribution in [1.29, 1.82) is 0 Å². The van der Waals surface area contributed by atoms with Crippen molar-refractivity contribution in [1.82, 2.24) is 0 Å². The topological polar surface area (TPSA) is 46.6 Å². The van der Waals surface area contributed by atoms with Crippen LogP contribution in [0, 0.1) is 0 Å². The molecule has 4 nitrogen and oxygen atoms in total. The Morgan fingerprint density at radius 2 is 1.76 bits per heavy atom. The first-order valence-electron chi connectivity index (χ1n) is 8.60. The van der Waals surface area contributed by atoms with Gasteiger partial charge >= 0.3 is 5.97 Å². The first-order valence-corrected chi connectivity index (χ1v) is 8.60. The first kappa shape index (κ1) is 17.2. The standard InChI is InChI=1S/C21H23NO3/c1-14(20(23)17-11-10-15-6-4-7-16(15)12-17)25-21(24)18-8-5-9-19(13-18)22(2)3/h5,8-14H,4,6-7H2,1-3H3/t14-/m1/s1. The van der Waals surface area contributed by atoms with Gasteiger partial charge in [0.2, 0.25) is 5.78 Å². The van der Waals surface area contributed by atoms with Crippen molar-refractivity contribution in [3.63, 3.8) is 0 Å². The molecule has 0 unspecified atom stereocenters. The van der Waals surface area contributed by atoms with Crippen LogP contribution >= 0.6 is 0 Å². The Bertz CT molecular complexity index is 811. The lowest BCUT2D eigenvalue weighted by molar-refractivity contribution is 0.0319. The minimum absolute atomic E-state index is 0.160. The van der Waals surface area contributed by atoms with Crippen molar-refractivity contribution in [2.24, 2.45) is 0 Å². The molecule has 0 spiro atoms. The number of ether oxygens (including phenoxy) is 1. The molecule has 2 aromatic carbocycles. The Kier molecular flexibility index (Phi) is 4.88. The maximum Gasteiger partial charge on any atom is 0.338 e. The number of esters is 1. The average Bonchev–Trinajstić information content (AvgIpc) is 3.08. The highest BCUT2D eigenvalue weighted by molar-refractivity contribution is 6.01. The van der Waals surface area contributed by atoms with Crippen LogP contribution in [0.1, 0.15) is 45.2 Å². The lowest BCUT2D eigenvalue weighted by Gasteiger charge is -2.15. The fourth-order valence-corrected chi connectivity index (χ4v) is 3.15. The van der Waals surface area contributed by atoms with E-state index in [0.717, 1.165) is 24.9 Å². The average molecular weight is 337 g/mol. The molecule has 0 saturated carbocycles. The predicted octanol–water partition coefficient (Wildman–Crippen LogP) is 3.67. The van der Waals surface area contributed by atoms with Gasteiger partial charge in [0.15, 0.2) is 6.10 Å². The molecule has 1 aliphatic rings. The van der Waals surface area contributed by atoms with E-state index in [1.165, 1.54) is 11.1 Å². The van der Waals surface area contributed by atoms with Gasteiger partial charge in [0.05, 0.1) is 5.56 Å². The molecule has 0 amide bonds. The van der Waals surface area contributed by atoms with Crippen molar-refractivity contribution in [2.45, 2.75) is 32.3 Å². The maximum absolute atomic E-state index is 12.6. The number of Topliss-reactive ketones (excluding diaryl/α,β-unsaturated/α-hetero) is 1. The summed E-state index contributed by atoms with van der Waals surface area (Å²) < 4.78 is 5.40. The number of carbonyl (C=O) groups excluding carboxylic acids is 2. The summed E-state index contributed by atoms with van der Waals surface area (Å²) in [5, 5.41) is 0. The minimum atomic E-state index is -0.810. The molecule has 3 rings (SSSR count). The number of anilines is 1. The Labute approximate surface area is 148 Å². The second-order valence-corrected chi connectivity index (χ2v) is 6.69. The molecule has 0 bridgehead atoms. The lowest BCUT2D eigenvalue weighted by atomic mass is 10.0. The van der Waals surface area contributed by atoms with Crippen LogP contribution in [0.2, 0.25) is 0 Å². The van der Waals surface area contributed by atoms with Crippen molar-refractivity contribution in [3.05, 3.63) is 64.7 Å². The van der Waals surface area contributed by atoms with Crippen molar-refractivity contribution in [2.75, 3.05) is 19.0 Å². The van der Waals surface area contributed by atoms with Crippen molar-refractivity contribution < 1.29 is 14.3 Å². The summed E-state index contributed by atoms with van der Waals surface area (Å²) in [6.45, 7) is 1.63. The number of hydrogen-bond donors (Lipinski definition) is 0. The van der Waals surface area contributed by atoms with Gasteiger partial charge in [0.1, 0.15) is 0 Å². The Hall–Kier alpha value is -2.62. The zero-order valence-corrected chi connectivity index (χ0v) is 14.9. The minimum Gasteiger partial charge on any atom is -0.451 e. The van der Waals surface area contributed by atoms with Gasteiger partial charge in [-0.1, -0.05) is 18.2 Å².